The van der Waals surface area contributed by atoms with E-state index in [1.54, 1.807) is 0 Å². The van der Waals surface area contributed by atoms with Crippen LogP contribution in [0.5, 0.6) is 0 Å². The van der Waals surface area contributed by atoms with Crippen LogP contribution >= 0.6 is 23.2 Å². The van der Waals surface area contributed by atoms with E-state index in [1.165, 1.54) is 18.7 Å². The number of fused-ring (bicyclic) bond motifs is 1. The van der Waals surface area contributed by atoms with Crippen LogP contribution in [0.1, 0.15) is 37.4 Å². The molecule has 1 fully saturated rings. The number of nitrogens with zero attached hydrogens (tertiary/aromatic N) is 2. The minimum Gasteiger partial charge on any atom is -0.330 e. The van der Waals surface area contributed by atoms with Crippen LogP contribution in [-0.2, 0) is 6.54 Å². The molecule has 2 aromatic rings. The van der Waals surface area contributed by atoms with Crippen molar-refractivity contribution in [2.24, 2.45) is 5.73 Å². The highest BCUT2D eigenvalue weighted by atomic mass is 35.5. The molecule has 0 radical (unpaired) electrons. The van der Waals surface area contributed by atoms with Crippen LogP contribution in [0.3, 0.4) is 0 Å². The van der Waals surface area contributed by atoms with Gasteiger partial charge in [-0.2, -0.15) is 0 Å². The van der Waals surface area contributed by atoms with E-state index in [2.05, 4.69) is 4.57 Å². The molecule has 1 aliphatic rings. The lowest BCUT2D eigenvalue weighted by molar-refractivity contribution is 0.603. The van der Waals surface area contributed by atoms with Gasteiger partial charge >= 0.3 is 0 Å². The van der Waals surface area contributed by atoms with Gasteiger partial charge < -0.3 is 10.3 Å². The number of aryl methyl sites for hydroxylation is 1. The highest BCUT2D eigenvalue weighted by Gasteiger charge is 2.29. The summed E-state index contributed by atoms with van der Waals surface area (Å²) < 4.78 is 2.30. The van der Waals surface area contributed by atoms with E-state index in [4.69, 9.17) is 33.9 Å². The molecule has 102 valence electrons. The maximum Gasteiger partial charge on any atom is 0.112 e. The van der Waals surface area contributed by atoms with Crippen LogP contribution in [-0.4, -0.2) is 16.1 Å². The molecule has 0 spiro atoms. The Kier molecular flexibility index (Phi) is 3.70. The van der Waals surface area contributed by atoms with E-state index in [1.807, 2.05) is 12.1 Å². The Morgan fingerprint density at radius 2 is 1.95 bits per heavy atom. The number of imidazole rings is 1. The zero-order valence-electron chi connectivity index (χ0n) is 10.7. The molecule has 1 saturated carbocycles. The summed E-state index contributed by atoms with van der Waals surface area (Å²) in [6, 6.07) is 3.80. The first kappa shape index (κ1) is 13.2. The van der Waals surface area contributed by atoms with Crippen LogP contribution in [0, 0.1) is 0 Å². The summed E-state index contributed by atoms with van der Waals surface area (Å²) in [5, 5.41) is 1.17. The van der Waals surface area contributed by atoms with Crippen LogP contribution < -0.4 is 5.73 Å². The van der Waals surface area contributed by atoms with Gasteiger partial charge in [-0.05, 0) is 44.4 Å². The third-order valence-corrected chi connectivity index (χ3v) is 4.32. The highest BCUT2D eigenvalue weighted by Crippen LogP contribution is 2.41. The Balaban J connectivity index is 2.03. The number of nitrogens with two attached hydrogens (primary N) is 1. The van der Waals surface area contributed by atoms with Gasteiger partial charge in [-0.15, -0.1) is 0 Å². The van der Waals surface area contributed by atoms with E-state index in [-0.39, 0.29) is 0 Å². The zero-order valence-corrected chi connectivity index (χ0v) is 12.2. The lowest BCUT2D eigenvalue weighted by atomic mass is 10.2. The van der Waals surface area contributed by atoms with Crippen molar-refractivity contribution in [2.45, 2.75) is 38.1 Å². The third-order valence-electron chi connectivity index (χ3n) is 3.60. The molecule has 19 heavy (non-hydrogen) atoms. The van der Waals surface area contributed by atoms with Crippen molar-refractivity contribution in [3.63, 3.8) is 0 Å². The molecule has 0 saturated heterocycles. The number of unbranched alkanes of at least 4 members (excludes halogenated alkanes) is 1. The fourth-order valence-corrected chi connectivity index (χ4v) is 2.76. The second-order valence-corrected chi connectivity index (χ2v) is 5.96. The van der Waals surface area contributed by atoms with Gasteiger partial charge in [0.2, 0.25) is 0 Å². The molecule has 0 amide bonds. The van der Waals surface area contributed by atoms with E-state index in [0.717, 1.165) is 37.0 Å². The van der Waals surface area contributed by atoms with E-state index < -0.39 is 0 Å². The lowest BCUT2D eigenvalue weighted by Gasteiger charge is -2.08. The standard InChI is InChI=1S/C14H17Cl2N3/c15-10-7-12-13(8-11(10)16)19(6-2-1-5-17)14(18-12)9-3-4-9/h7-9H,1-6,17H2. The molecule has 0 unspecified atom stereocenters. The second-order valence-electron chi connectivity index (χ2n) is 5.15. The van der Waals surface area contributed by atoms with E-state index in [9.17, 15) is 0 Å². The Labute approximate surface area is 122 Å². The topological polar surface area (TPSA) is 43.8 Å². The van der Waals surface area contributed by atoms with E-state index >= 15 is 0 Å². The summed E-state index contributed by atoms with van der Waals surface area (Å²) in [6.45, 7) is 1.69. The summed E-state index contributed by atoms with van der Waals surface area (Å²) in [4.78, 5) is 4.74. The molecule has 5 heteroatoms. The Morgan fingerprint density at radius 3 is 2.63 bits per heavy atom. The van der Waals surface area contributed by atoms with Gasteiger partial charge in [0.1, 0.15) is 5.82 Å². The SMILES string of the molecule is NCCCCn1c(C2CC2)nc2cc(Cl)c(Cl)cc21. The predicted molar refractivity (Wildman–Crippen MR) is 80.0 cm³/mol. The zero-order chi connectivity index (χ0) is 13.4. The van der Waals surface area contributed by atoms with Gasteiger partial charge in [-0.1, -0.05) is 23.2 Å². The predicted octanol–water partition coefficient (Wildman–Crippen LogP) is 3.96. The van der Waals surface area contributed by atoms with Crippen LogP contribution in [0.4, 0.5) is 0 Å². The number of hydrogen-bond acceptors (Lipinski definition) is 2. The number of rotatable bonds is 5. The van der Waals surface area contributed by atoms with Crippen molar-refractivity contribution < 1.29 is 0 Å². The largest absolute Gasteiger partial charge is 0.330 e. The quantitative estimate of drug-likeness (QED) is 0.849. The summed E-state index contributed by atoms with van der Waals surface area (Å²) in [5.41, 5.74) is 7.61. The molecule has 0 bridgehead atoms. The second kappa shape index (κ2) is 5.31. The monoisotopic (exact) mass is 297 g/mol. The van der Waals surface area contributed by atoms with Gasteiger partial charge in [-0.25, -0.2) is 4.98 Å². The normalized spacial score (nSPS) is 15.3. The van der Waals surface area contributed by atoms with Gasteiger partial charge in [0, 0.05) is 12.5 Å². The summed E-state index contributed by atoms with van der Waals surface area (Å²) >= 11 is 12.2. The fraction of sp³-hybridized carbons (Fsp3) is 0.500. The minimum absolute atomic E-state index is 0.572. The van der Waals surface area contributed by atoms with Crippen LogP contribution in [0.25, 0.3) is 11.0 Å². The molecule has 0 atom stereocenters. The van der Waals surface area contributed by atoms with E-state index in [0.29, 0.717) is 16.0 Å². The molecule has 0 aliphatic heterocycles. The minimum atomic E-state index is 0.572. The smallest absolute Gasteiger partial charge is 0.112 e. The van der Waals surface area contributed by atoms with Crippen LogP contribution in [0.15, 0.2) is 12.1 Å². The third kappa shape index (κ3) is 2.60. The van der Waals surface area contributed by atoms with Gasteiger partial charge in [0.15, 0.2) is 0 Å². The first-order valence-corrected chi connectivity index (χ1v) is 7.51. The molecule has 1 aromatic carbocycles. The van der Waals surface area contributed by atoms with Crippen LogP contribution in [0.2, 0.25) is 10.0 Å². The Bertz CT molecular complexity index is 602. The highest BCUT2D eigenvalue weighted by molar-refractivity contribution is 6.42. The van der Waals surface area contributed by atoms with Crippen molar-refractivity contribution in [1.82, 2.24) is 9.55 Å². The molecule has 3 nitrogen and oxygen atoms in total. The summed E-state index contributed by atoms with van der Waals surface area (Å²) in [5.74, 6) is 1.80. The molecule has 2 N–H and O–H groups in total. The Hall–Kier alpha value is -0.770. The Morgan fingerprint density at radius 1 is 1.21 bits per heavy atom. The number of hydrogen-bond donors (Lipinski definition) is 1. The fourth-order valence-electron chi connectivity index (χ4n) is 2.44. The summed E-state index contributed by atoms with van der Waals surface area (Å²) in [7, 11) is 0. The van der Waals surface area contributed by atoms with Crippen molar-refractivity contribution in [1.29, 1.82) is 0 Å². The van der Waals surface area contributed by atoms with Crippen molar-refractivity contribution >= 4 is 34.2 Å². The first-order valence-electron chi connectivity index (χ1n) is 6.76. The number of aromatic nitrogens is 2. The molecular weight excluding hydrogens is 281 g/mol. The van der Waals surface area contributed by atoms with Crippen molar-refractivity contribution in [3.8, 4) is 0 Å². The first-order chi connectivity index (χ1) is 9.20. The maximum atomic E-state index is 6.13. The van der Waals surface area contributed by atoms with Gasteiger partial charge in [-0.3, -0.25) is 0 Å². The molecule has 1 heterocycles. The number of benzene rings is 1. The maximum absolute atomic E-state index is 6.13. The molecule has 3 rings (SSSR count). The molecule has 1 aliphatic carbocycles. The van der Waals surface area contributed by atoms with Gasteiger partial charge in [0.25, 0.3) is 0 Å². The molecular formula is C14H17Cl2N3. The van der Waals surface area contributed by atoms with Crippen molar-refractivity contribution in [2.75, 3.05) is 6.54 Å². The average Bonchev–Trinajstić information content (AvgIpc) is 3.17. The average molecular weight is 298 g/mol. The summed E-state index contributed by atoms with van der Waals surface area (Å²) in [6.07, 6.45) is 4.58. The van der Waals surface area contributed by atoms with Crippen molar-refractivity contribution in [3.05, 3.63) is 28.0 Å². The van der Waals surface area contributed by atoms with Gasteiger partial charge in [0.05, 0.1) is 21.1 Å². The lowest BCUT2D eigenvalue weighted by Crippen LogP contribution is -2.06. The molecule has 1 aromatic heterocycles. The number of halogens is 2.